The van der Waals surface area contributed by atoms with Crippen LogP contribution in [0.5, 0.6) is 0 Å². The van der Waals surface area contributed by atoms with Crippen molar-refractivity contribution in [1.82, 2.24) is 10.2 Å². The van der Waals surface area contributed by atoms with Crippen molar-refractivity contribution in [3.05, 3.63) is 54.3 Å². The fourth-order valence-corrected chi connectivity index (χ4v) is 5.37. The van der Waals surface area contributed by atoms with Gasteiger partial charge in [-0.15, -0.1) is 24.8 Å². The molecule has 0 atom stereocenters. The molecule has 0 spiro atoms. The van der Waals surface area contributed by atoms with Crippen LogP contribution >= 0.6 is 24.8 Å². The summed E-state index contributed by atoms with van der Waals surface area (Å²) >= 11 is 0. The predicted octanol–water partition coefficient (Wildman–Crippen LogP) is 3.17. The third-order valence-corrected chi connectivity index (χ3v) is 6.79. The van der Waals surface area contributed by atoms with Crippen LogP contribution in [-0.4, -0.2) is 52.6 Å². The molecule has 2 aliphatic heterocycles. The predicted molar refractivity (Wildman–Crippen MR) is 120 cm³/mol. The van der Waals surface area contributed by atoms with E-state index in [-0.39, 0.29) is 30.5 Å². The van der Waals surface area contributed by atoms with Crippen LogP contribution in [0.2, 0.25) is 0 Å². The number of nitrogens with zero attached hydrogens (tertiary/aromatic N) is 3. The highest BCUT2D eigenvalue weighted by atomic mass is 35.5. The van der Waals surface area contributed by atoms with Gasteiger partial charge in [-0.05, 0) is 43.8 Å². The summed E-state index contributed by atoms with van der Waals surface area (Å²) in [6.45, 7) is 4.71. The van der Waals surface area contributed by atoms with Crippen molar-refractivity contribution in [3.8, 4) is 0 Å². The third-order valence-electron chi connectivity index (χ3n) is 5.00. The Morgan fingerprint density at radius 2 is 1.52 bits per heavy atom. The zero-order valence-corrected chi connectivity index (χ0v) is 18.3. The van der Waals surface area contributed by atoms with Crippen molar-refractivity contribution in [1.29, 1.82) is 0 Å². The van der Waals surface area contributed by atoms with Crippen molar-refractivity contribution in [3.63, 3.8) is 0 Å². The first-order chi connectivity index (χ1) is 13.1. The van der Waals surface area contributed by atoms with E-state index < -0.39 is 16.0 Å². The first kappa shape index (κ1) is 23.7. The fourth-order valence-electron chi connectivity index (χ4n) is 3.66. The van der Waals surface area contributed by atoms with E-state index in [9.17, 15) is 12.8 Å². The highest BCUT2D eigenvalue weighted by Crippen LogP contribution is 2.45. The van der Waals surface area contributed by atoms with E-state index in [0.29, 0.717) is 24.5 Å². The van der Waals surface area contributed by atoms with Crippen molar-refractivity contribution in [2.45, 2.75) is 6.42 Å². The van der Waals surface area contributed by atoms with Crippen LogP contribution in [0.25, 0.3) is 0 Å². The SMILES string of the molecule is Cl.Cl.O=S1(=O)N(CCN2CCCNCC2)c2ccccc2N1c1ccccc1F. The molecular weight excluding hydrogens is 438 g/mol. The summed E-state index contributed by atoms with van der Waals surface area (Å²) in [5.41, 5.74) is 1.13. The molecule has 2 aromatic rings. The number of para-hydroxylation sites is 3. The zero-order chi connectivity index (χ0) is 18.9. The van der Waals surface area contributed by atoms with E-state index in [1.165, 1.54) is 16.4 Å². The molecule has 0 saturated carbocycles. The lowest BCUT2D eigenvalue weighted by Crippen LogP contribution is -2.41. The molecular formula is C19H25Cl2FN4O2S. The Morgan fingerprint density at radius 1 is 0.862 bits per heavy atom. The number of benzene rings is 2. The van der Waals surface area contributed by atoms with Crippen molar-refractivity contribution < 1.29 is 12.8 Å². The number of fused-ring (bicyclic) bond motifs is 1. The van der Waals surface area contributed by atoms with Crippen LogP contribution < -0.4 is 13.9 Å². The van der Waals surface area contributed by atoms with Gasteiger partial charge < -0.3 is 10.2 Å². The molecule has 0 aromatic heterocycles. The van der Waals surface area contributed by atoms with E-state index >= 15 is 0 Å². The largest absolute Gasteiger partial charge is 0.331 e. The van der Waals surface area contributed by atoms with Gasteiger partial charge >= 0.3 is 10.2 Å². The van der Waals surface area contributed by atoms with E-state index in [0.717, 1.165) is 36.9 Å². The molecule has 1 N–H and O–H groups in total. The molecule has 2 aliphatic rings. The Balaban J connectivity index is 0.00000150. The van der Waals surface area contributed by atoms with Gasteiger partial charge in [0.1, 0.15) is 5.82 Å². The van der Waals surface area contributed by atoms with E-state index in [4.69, 9.17) is 0 Å². The molecule has 2 heterocycles. The molecule has 29 heavy (non-hydrogen) atoms. The van der Waals surface area contributed by atoms with E-state index in [1.807, 2.05) is 6.07 Å². The number of hydrogen-bond acceptors (Lipinski definition) is 4. The average Bonchev–Trinajstić information content (AvgIpc) is 2.82. The Morgan fingerprint density at radius 3 is 2.24 bits per heavy atom. The van der Waals surface area contributed by atoms with Crippen LogP contribution in [0, 0.1) is 5.82 Å². The van der Waals surface area contributed by atoms with Gasteiger partial charge in [-0.1, -0.05) is 24.3 Å². The maximum atomic E-state index is 14.4. The summed E-state index contributed by atoms with van der Waals surface area (Å²) < 4.78 is 43.5. The summed E-state index contributed by atoms with van der Waals surface area (Å²) in [5, 5.41) is 3.35. The van der Waals surface area contributed by atoms with Gasteiger partial charge in [0.25, 0.3) is 0 Å². The second kappa shape index (κ2) is 9.95. The zero-order valence-electron chi connectivity index (χ0n) is 15.8. The highest BCUT2D eigenvalue weighted by molar-refractivity contribution is 7.95. The van der Waals surface area contributed by atoms with Gasteiger partial charge in [0.05, 0.1) is 17.1 Å². The monoisotopic (exact) mass is 462 g/mol. The van der Waals surface area contributed by atoms with Crippen molar-refractivity contribution >= 4 is 52.1 Å². The van der Waals surface area contributed by atoms with Crippen LogP contribution in [-0.2, 0) is 10.2 Å². The van der Waals surface area contributed by atoms with Crippen LogP contribution in [0.1, 0.15) is 6.42 Å². The maximum absolute atomic E-state index is 14.4. The lowest BCUT2D eigenvalue weighted by Gasteiger charge is -2.25. The quantitative estimate of drug-likeness (QED) is 0.757. The maximum Gasteiger partial charge on any atom is 0.331 e. The van der Waals surface area contributed by atoms with Crippen molar-refractivity contribution in [2.24, 2.45) is 0 Å². The second-order valence-corrected chi connectivity index (χ2v) is 8.43. The van der Waals surface area contributed by atoms with Gasteiger partial charge in [-0.3, -0.25) is 0 Å². The lowest BCUT2D eigenvalue weighted by molar-refractivity contribution is 0.301. The normalized spacial score (nSPS) is 18.4. The van der Waals surface area contributed by atoms with Gasteiger partial charge in [-0.2, -0.15) is 8.42 Å². The summed E-state index contributed by atoms with van der Waals surface area (Å²) in [6.07, 6.45) is 1.05. The minimum atomic E-state index is -3.89. The number of halogens is 3. The molecule has 0 bridgehead atoms. The van der Waals surface area contributed by atoms with E-state index in [2.05, 4.69) is 10.2 Å². The minimum Gasteiger partial charge on any atom is -0.315 e. The number of nitrogens with one attached hydrogen (secondary N) is 1. The molecule has 0 unspecified atom stereocenters. The van der Waals surface area contributed by atoms with Crippen LogP contribution in [0.15, 0.2) is 48.5 Å². The Labute approximate surface area is 183 Å². The molecule has 6 nitrogen and oxygen atoms in total. The molecule has 160 valence electrons. The van der Waals surface area contributed by atoms with E-state index in [1.54, 1.807) is 30.3 Å². The second-order valence-electron chi connectivity index (χ2n) is 6.73. The minimum absolute atomic E-state index is 0. The molecule has 1 fully saturated rings. The summed E-state index contributed by atoms with van der Waals surface area (Å²) in [4.78, 5) is 2.27. The van der Waals surface area contributed by atoms with Gasteiger partial charge in [0.2, 0.25) is 0 Å². The number of rotatable bonds is 4. The standard InChI is InChI=1S/C19H23FN4O2S.2ClH/c20-16-6-1-2-7-17(16)24-19-9-4-3-8-18(19)23(27(24,25)26)15-14-22-12-5-10-21-11-13-22;;/h1-4,6-9,21H,5,10-15H2;2*1H. The molecule has 0 amide bonds. The molecule has 0 radical (unpaired) electrons. The van der Waals surface area contributed by atoms with Gasteiger partial charge in [0.15, 0.2) is 0 Å². The first-order valence-corrected chi connectivity index (χ1v) is 10.6. The Hall–Kier alpha value is -1.58. The molecule has 0 aliphatic carbocycles. The van der Waals surface area contributed by atoms with Crippen LogP contribution in [0.4, 0.5) is 21.5 Å². The fraction of sp³-hybridized carbons (Fsp3) is 0.368. The van der Waals surface area contributed by atoms with Gasteiger partial charge in [-0.25, -0.2) is 13.0 Å². The molecule has 2 aromatic carbocycles. The topological polar surface area (TPSA) is 55.9 Å². The highest BCUT2D eigenvalue weighted by Gasteiger charge is 2.42. The third kappa shape index (κ3) is 4.62. The Kier molecular flexibility index (Phi) is 8.13. The van der Waals surface area contributed by atoms with Crippen molar-refractivity contribution in [2.75, 3.05) is 47.9 Å². The Bertz CT molecular complexity index is 924. The summed E-state index contributed by atoms with van der Waals surface area (Å²) in [7, 11) is -3.89. The first-order valence-electron chi connectivity index (χ1n) is 9.19. The molecule has 4 rings (SSSR count). The number of hydrogen-bond donors (Lipinski definition) is 1. The lowest BCUT2D eigenvalue weighted by atomic mass is 10.2. The summed E-state index contributed by atoms with van der Waals surface area (Å²) in [6, 6.07) is 13.0. The van der Waals surface area contributed by atoms with Gasteiger partial charge in [0, 0.05) is 26.2 Å². The number of anilines is 3. The smallest absolute Gasteiger partial charge is 0.315 e. The molecule has 10 heteroatoms. The molecule has 1 saturated heterocycles. The summed E-state index contributed by atoms with van der Waals surface area (Å²) in [5.74, 6) is -0.559. The average molecular weight is 463 g/mol. The van der Waals surface area contributed by atoms with Crippen LogP contribution in [0.3, 0.4) is 0 Å².